The number of methoxy groups -OCH3 is 2. The third-order valence-corrected chi connectivity index (χ3v) is 6.39. The standard InChI is InChI=1S/C21H31N3O3/c1-26-21(27-2)15-7-10-23(11-8-15)17-5-6-19-16(12-17)14-24(20(19)25)18-4-3-9-22-13-18/h5-6,12,15,18,21-22H,3-4,7-11,13-14H2,1-2H3/t18-/m0/s1. The average molecular weight is 373 g/mol. The van der Waals surface area contributed by atoms with Gasteiger partial charge in [-0.25, -0.2) is 0 Å². The van der Waals surface area contributed by atoms with Crippen LogP contribution in [0.2, 0.25) is 0 Å². The highest BCUT2D eigenvalue weighted by atomic mass is 16.7. The minimum Gasteiger partial charge on any atom is -0.372 e. The summed E-state index contributed by atoms with van der Waals surface area (Å²) in [6, 6.07) is 6.71. The van der Waals surface area contributed by atoms with Gasteiger partial charge in [-0.2, -0.15) is 0 Å². The van der Waals surface area contributed by atoms with Crippen LogP contribution in [0.15, 0.2) is 18.2 Å². The number of hydrogen-bond donors (Lipinski definition) is 1. The van der Waals surface area contributed by atoms with Gasteiger partial charge in [-0.05, 0) is 56.0 Å². The van der Waals surface area contributed by atoms with Crippen molar-refractivity contribution in [2.75, 3.05) is 45.3 Å². The molecule has 0 spiro atoms. The van der Waals surface area contributed by atoms with E-state index in [0.717, 1.165) is 64.0 Å². The Kier molecular flexibility index (Phi) is 5.66. The van der Waals surface area contributed by atoms with E-state index in [1.165, 1.54) is 11.3 Å². The van der Waals surface area contributed by atoms with Gasteiger partial charge in [0.25, 0.3) is 5.91 Å². The molecule has 1 atom stereocenters. The second-order valence-corrected chi connectivity index (χ2v) is 7.94. The molecule has 1 aromatic carbocycles. The molecule has 0 saturated carbocycles. The number of nitrogens with one attached hydrogen (secondary N) is 1. The summed E-state index contributed by atoms with van der Waals surface area (Å²) in [6.45, 7) is 4.73. The van der Waals surface area contributed by atoms with E-state index in [4.69, 9.17) is 9.47 Å². The monoisotopic (exact) mass is 373 g/mol. The molecular weight excluding hydrogens is 342 g/mol. The van der Waals surface area contributed by atoms with Crippen molar-refractivity contribution in [3.8, 4) is 0 Å². The van der Waals surface area contributed by atoms with Gasteiger partial charge in [-0.1, -0.05) is 0 Å². The topological polar surface area (TPSA) is 54.0 Å². The first-order valence-electron chi connectivity index (χ1n) is 10.2. The molecule has 6 heteroatoms. The maximum atomic E-state index is 12.8. The highest BCUT2D eigenvalue weighted by Gasteiger charge is 2.34. The largest absolute Gasteiger partial charge is 0.372 e. The number of nitrogens with zero attached hydrogens (tertiary/aromatic N) is 2. The molecule has 3 aliphatic heterocycles. The molecule has 27 heavy (non-hydrogen) atoms. The molecule has 1 aromatic rings. The predicted octanol–water partition coefficient (Wildman–Crippen LogP) is 2.23. The number of carbonyl (C=O) groups excluding carboxylic acids is 1. The van der Waals surface area contributed by atoms with Gasteiger partial charge >= 0.3 is 0 Å². The van der Waals surface area contributed by atoms with E-state index in [1.807, 2.05) is 6.07 Å². The molecule has 2 fully saturated rings. The van der Waals surface area contributed by atoms with Crippen LogP contribution in [-0.4, -0.2) is 63.5 Å². The van der Waals surface area contributed by atoms with Crippen LogP contribution >= 0.6 is 0 Å². The molecule has 3 heterocycles. The number of carbonyl (C=O) groups is 1. The normalized spacial score (nSPS) is 24.0. The lowest BCUT2D eigenvalue weighted by Gasteiger charge is -2.36. The summed E-state index contributed by atoms with van der Waals surface area (Å²) < 4.78 is 10.9. The van der Waals surface area contributed by atoms with E-state index in [1.54, 1.807) is 14.2 Å². The highest BCUT2D eigenvalue weighted by molar-refractivity contribution is 5.99. The van der Waals surface area contributed by atoms with Crippen LogP contribution in [0.1, 0.15) is 41.6 Å². The molecule has 2 saturated heterocycles. The third kappa shape index (κ3) is 3.71. The number of rotatable bonds is 5. The maximum absolute atomic E-state index is 12.8. The number of benzene rings is 1. The zero-order chi connectivity index (χ0) is 18.8. The Bertz CT molecular complexity index is 663. The van der Waals surface area contributed by atoms with Crippen molar-refractivity contribution in [3.63, 3.8) is 0 Å². The van der Waals surface area contributed by atoms with Crippen molar-refractivity contribution in [1.82, 2.24) is 10.2 Å². The van der Waals surface area contributed by atoms with E-state index < -0.39 is 0 Å². The Hall–Kier alpha value is -1.63. The van der Waals surface area contributed by atoms with E-state index in [9.17, 15) is 4.79 Å². The molecular formula is C21H31N3O3. The number of piperidine rings is 2. The molecule has 3 aliphatic rings. The number of ether oxygens (including phenoxy) is 2. The number of anilines is 1. The zero-order valence-corrected chi connectivity index (χ0v) is 16.4. The zero-order valence-electron chi connectivity index (χ0n) is 16.4. The number of fused-ring (bicyclic) bond motifs is 1. The summed E-state index contributed by atoms with van der Waals surface area (Å²) in [5.74, 6) is 0.647. The Morgan fingerprint density at radius 1 is 1.15 bits per heavy atom. The molecule has 148 valence electrons. The van der Waals surface area contributed by atoms with Crippen molar-refractivity contribution in [1.29, 1.82) is 0 Å². The highest BCUT2D eigenvalue weighted by Crippen LogP contribution is 2.32. The van der Waals surface area contributed by atoms with Crippen LogP contribution < -0.4 is 10.2 Å². The first-order chi connectivity index (χ1) is 13.2. The summed E-state index contributed by atoms with van der Waals surface area (Å²) >= 11 is 0. The van der Waals surface area contributed by atoms with Gasteiger partial charge in [0.15, 0.2) is 6.29 Å². The lowest BCUT2D eigenvalue weighted by atomic mass is 9.95. The Labute approximate surface area is 161 Å². The average Bonchev–Trinajstić information content (AvgIpc) is 3.06. The second kappa shape index (κ2) is 8.17. The fraction of sp³-hybridized carbons (Fsp3) is 0.667. The smallest absolute Gasteiger partial charge is 0.254 e. The number of hydrogen-bond acceptors (Lipinski definition) is 5. The summed E-state index contributed by atoms with van der Waals surface area (Å²) in [5, 5.41) is 3.42. The SMILES string of the molecule is COC(OC)C1CCN(c2ccc3c(c2)CN([C@H]2CCCNC2)C3=O)CC1. The van der Waals surface area contributed by atoms with Gasteiger partial charge in [0.05, 0.1) is 0 Å². The van der Waals surface area contributed by atoms with Crippen LogP contribution in [0.4, 0.5) is 5.69 Å². The first kappa shape index (κ1) is 18.7. The second-order valence-electron chi connectivity index (χ2n) is 7.94. The van der Waals surface area contributed by atoms with Gasteiger partial charge in [-0.3, -0.25) is 4.79 Å². The molecule has 1 N–H and O–H groups in total. The first-order valence-corrected chi connectivity index (χ1v) is 10.2. The van der Waals surface area contributed by atoms with Crippen LogP contribution in [-0.2, 0) is 16.0 Å². The summed E-state index contributed by atoms with van der Waals surface area (Å²) in [6.07, 6.45) is 4.26. The van der Waals surface area contributed by atoms with Crippen LogP contribution in [0.5, 0.6) is 0 Å². The van der Waals surface area contributed by atoms with Gasteiger partial charge in [0.1, 0.15) is 0 Å². The quantitative estimate of drug-likeness (QED) is 0.802. The van der Waals surface area contributed by atoms with Crippen molar-refractivity contribution in [2.45, 2.75) is 44.6 Å². The van der Waals surface area contributed by atoms with Gasteiger partial charge in [-0.15, -0.1) is 0 Å². The van der Waals surface area contributed by atoms with Crippen LogP contribution in [0.25, 0.3) is 0 Å². The fourth-order valence-electron chi connectivity index (χ4n) is 4.83. The summed E-state index contributed by atoms with van der Waals surface area (Å²) in [4.78, 5) is 17.3. The molecule has 6 nitrogen and oxygen atoms in total. The molecule has 0 unspecified atom stereocenters. The predicted molar refractivity (Wildman–Crippen MR) is 105 cm³/mol. The molecule has 4 rings (SSSR count). The maximum Gasteiger partial charge on any atom is 0.254 e. The fourth-order valence-corrected chi connectivity index (χ4v) is 4.83. The molecule has 1 amide bonds. The van der Waals surface area contributed by atoms with Crippen LogP contribution in [0.3, 0.4) is 0 Å². The van der Waals surface area contributed by atoms with Crippen molar-refractivity contribution in [2.24, 2.45) is 5.92 Å². The third-order valence-electron chi connectivity index (χ3n) is 6.39. The molecule has 0 bridgehead atoms. The van der Waals surface area contributed by atoms with Gasteiger partial charge < -0.3 is 24.6 Å². The lowest BCUT2D eigenvalue weighted by Crippen LogP contribution is -2.46. The van der Waals surface area contributed by atoms with Crippen molar-refractivity contribution >= 4 is 11.6 Å². The molecule has 0 aliphatic carbocycles. The Morgan fingerprint density at radius 2 is 1.93 bits per heavy atom. The van der Waals surface area contributed by atoms with E-state index in [2.05, 4.69) is 27.2 Å². The Balaban J connectivity index is 1.42. The van der Waals surface area contributed by atoms with Gasteiger partial charge in [0.2, 0.25) is 0 Å². The van der Waals surface area contributed by atoms with E-state index in [0.29, 0.717) is 12.0 Å². The molecule has 0 aromatic heterocycles. The number of amides is 1. The summed E-state index contributed by atoms with van der Waals surface area (Å²) in [5.41, 5.74) is 3.30. The molecule has 0 radical (unpaired) electrons. The van der Waals surface area contributed by atoms with Gasteiger partial charge in [0, 0.05) is 63.6 Å². The van der Waals surface area contributed by atoms with E-state index in [-0.39, 0.29) is 12.2 Å². The Morgan fingerprint density at radius 3 is 2.59 bits per heavy atom. The minimum atomic E-state index is -0.109. The minimum absolute atomic E-state index is 0.109. The lowest BCUT2D eigenvalue weighted by molar-refractivity contribution is -0.141. The summed E-state index contributed by atoms with van der Waals surface area (Å²) in [7, 11) is 3.43. The van der Waals surface area contributed by atoms with Crippen molar-refractivity contribution < 1.29 is 14.3 Å². The van der Waals surface area contributed by atoms with Crippen molar-refractivity contribution in [3.05, 3.63) is 29.3 Å². The van der Waals surface area contributed by atoms with Crippen LogP contribution in [0, 0.1) is 5.92 Å². The van der Waals surface area contributed by atoms with E-state index >= 15 is 0 Å².